The summed E-state index contributed by atoms with van der Waals surface area (Å²) in [6, 6.07) is 5.84. The van der Waals surface area contributed by atoms with Crippen LogP contribution >= 0.6 is 0 Å². The number of primary sulfonamides is 1. The molecule has 0 heterocycles. The summed E-state index contributed by atoms with van der Waals surface area (Å²) < 4.78 is 50.0. The highest BCUT2D eigenvalue weighted by atomic mass is 32.2. The molecule has 2 aromatic carbocycles. The Balaban J connectivity index is 2.28. The number of nitro benzene ring substituents is 1. The lowest BCUT2D eigenvalue weighted by molar-refractivity contribution is -0.385. The van der Waals surface area contributed by atoms with E-state index in [2.05, 4.69) is 5.32 Å². The molecule has 0 saturated carbocycles. The fourth-order valence-corrected chi connectivity index (χ4v) is 2.68. The van der Waals surface area contributed by atoms with E-state index in [9.17, 15) is 32.4 Å². The number of nitrogens with one attached hydrogen (secondary N) is 1. The lowest BCUT2D eigenvalue weighted by Crippen LogP contribution is -2.16. The molecule has 2 aromatic rings. The summed E-state index contributed by atoms with van der Waals surface area (Å²) in [6.07, 6.45) is -1.61. The quantitative estimate of drug-likeness (QED) is 0.520. The average Bonchev–Trinajstić information content (AvgIpc) is 2.51. The SMILES string of the molecule is NS(=O)(=O)c1cc(NCC(O)c2c(F)cccc2F)cc([N+](=O)[O-])c1. The Kier molecular flexibility index (Phi) is 5.30. The first-order chi connectivity index (χ1) is 11.6. The molecule has 25 heavy (non-hydrogen) atoms. The van der Waals surface area contributed by atoms with Crippen molar-refractivity contribution in [1.29, 1.82) is 0 Å². The molecule has 0 spiro atoms. The summed E-state index contributed by atoms with van der Waals surface area (Å²) in [4.78, 5) is 9.53. The first-order valence-electron chi connectivity index (χ1n) is 6.77. The maximum Gasteiger partial charge on any atom is 0.272 e. The maximum absolute atomic E-state index is 13.6. The number of nitro groups is 1. The fourth-order valence-electron chi connectivity index (χ4n) is 2.10. The second-order valence-electron chi connectivity index (χ2n) is 5.05. The number of non-ortho nitro benzene ring substituents is 1. The summed E-state index contributed by atoms with van der Waals surface area (Å²) in [5.41, 5.74) is -1.19. The number of nitrogens with zero attached hydrogens (tertiary/aromatic N) is 1. The Morgan fingerprint density at radius 2 is 1.84 bits per heavy atom. The van der Waals surface area contributed by atoms with Crippen LogP contribution in [0.25, 0.3) is 0 Å². The van der Waals surface area contributed by atoms with Gasteiger partial charge in [-0.1, -0.05) is 6.07 Å². The first-order valence-corrected chi connectivity index (χ1v) is 8.32. The molecule has 4 N–H and O–H groups in total. The van der Waals surface area contributed by atoms with Crippen LogP contribution in [0.3, 0.4) is 0 Å². The summed E-state index contributed by atoms with van der Waals surface area (Å²) in [7, 11) is -4.21. The Bertz CT molecular complexity index is 900. The minimum Gasteiger partial charge on any atom is -0.386 e. The summed E-state index contributed by atoms with van der Waals surface area (Å²) in [6.45, 7) is -0.428. The second kappa shape index (κ2) is 7.09. The van der Waals surface area contributed by atoms with Gasteiger partial charge in [0.05, 0.1) is 15.4 Å². The predicted octanol–water partition coefficient (Wildman–Crippen LogP) is 1.67. The van der Waals surface area contributed by atoms with E-state index in [4.69, 9.17) is 5.14 Å². The molecule has 0 amide bonds. The molecule has 0 radical (unpaired) electrons. The van der Waals surface area contributed by atoms with Gasteiger partial charge in [-0.2, -0.15) is 0 Å². The fraction of sp³-hybridized carbons (Fsp3) is 0.143. The van der Waals surface area contributed by atoms with Gasteiger partial charge >= 0.3 is 0 Å². The van der Waals surface area contributed by atoms with E-state index in [0.717, 1.165) is 36.4 Å². The van der Waals surface area contributed by atoms with Crippen molar-refractivity contribution >= 4 is 21.4 Å². The number of sulfonamides is 1. The van der Waals surface area contributed by atoms with Crippen molar-refractivity contribution in [3.05, 3.63) is 63.7 Å². The molecule has 0 bridgehead atoms. The van der Waals surface area contributed by atoms with Crippen LogP contribution in [0.1, 0.15) is 11.7 Å². The lowest BCUT2D eigenvalue weighted by Gasteiger charge is -2.15. The molecule has 0 aromatic heterocycles. The Morgan fingerprint density at radius 3 is 2.36 bits per heavy atom. The van der Waals surface area contributed by atoms with Crippen molar-refractivity contribution < 1.29 is 27.2 Å². The van der Waals surface area contributed by atoms with Gasteiger partial charge in [0.2, 0.25) is 10.0 Å². The van der Waals surface area contributed by atoms with Crippen LogP contribution in [0.4, 0.5) is 20.2 Å². The van der Waals surface area contributed by atoms with Gasteiger partial charge in [-0.05, 0) is 18.2 Å². The standard InChI is InChI=1S/C14H13F2N3O5S/c15-11-2-1-3-12(16)14(11)13(20)7-18-8-4-9(19(21)22)6-10(5-8)25(17,23)24/h1-6,13,18,20H,7H2,(H2,17,23,24). The van der Waals surface area contributed by atoms with E-state index in [-0.39, 0.29) is 5.69 Å². The molecule has 1 unspecified atom stereocenters. The Morgan fingerprint density at radius 1 is 1.24 bits per heavy atom. The number of rotatable bonds is 6. The highest BCUT2D eigenvalue weighted by Crippen LogP contribution is 2.25. The molecule has 0 saturated heterocycles. The number of halogens is 2. The average molecular weight is 373 g/mol. The highest BCUT2D eigenvalue weighted by molar-refractivity contribution is 7.89. The van der Waals surface area contributed by atoms with Crippen molar-refractivity contribution in [3.8, 4) is 0 Å². The van der Waals surface area contributed by atoms with Crippen molar-refractivity contribution in [2.75, 3.05) is 11.9 Å². The molecule has 0 aliphatic rings. The summed E-state index contributed by atoms with van der Waals surface area (Å²) in [5.74, 6) is -1.92. The summed E-state index contributed by atoms with van der Waals surface area (Å²) in [5, 5.41) is 28.3. The first kappa shape index (κ1) is 18.7. The molecule has 0 aliphatic heterocycles. The van der Waals surface area contributed by atoms with Crippen molar-refractivity contribution in [2.45, 2.75) is 11.0 Å². The highest BCUT2D eigenvalue weighted by Gasteiger charge is 2.20. The predicted molar refractivity (Wildman–Crippen MR) is 84.3 cm³/mol. The largest absolute Gasteiger partial charge is 0.386 e. The molecular formula is C14H13F2N3O5S. The molecule has 134 valence electrons. The number of nitrogens with two attached hydrogens (primary N) is 1. The number of aliphatic hydroxyl groups excluding tert-OH is 1. The van der Waals surface area contributed by atoms with Gasteiger partial charge in [0, 0.05) is 24.4 Å². The molecule has 2 rings (SSSR count). The zero-order valence-corrected chi connectivity index (χ0v) is 13.3. The zero-order valence-electron chi connectivity index (χ0n) is 12.5. The summed E-state index contributed by atoms with van der Waals surface area (Å²) >= 11 is 0. The normalized spacial score (nSPS) is 12.6. The minimum absolute atomic E-state index is 0.0611. The third kappa shape index (κ3) is 4.47. The van der Waals surface area contributed by atoms with E-state index in [1.165, 1.54) is 0 Å². The van der Waals surface area contributed by atoms with Gasteiger partial charge in [-0.3, -0.25) is 10.1 Å². The van der Waals surface area contributed by atoms with Crippen LogP contribution in [0.5, 0.6) is 0 Å². The number of hydrogen-bond acceptors (Lipinski definition) is 6. The third-order valence-electron chi connectivity index (χ3n) is 3.26. The van der Waals surface area contributed by atoms with Crippen LogP contribution in [-0.4, -0.2) is 25.0 Å². The van der Waals surface area contributed by atoms with Gasteiger partial charge in [0.1, 0.15) is 17.7 Å². The molecular weight excluding hydrogens is 360 g/mol. The minimum atomic E-state index is -4.21. The van der Waals surface area contributed by atoms with Crippen LogP contribution < -0.4 is 10.5 Å². The number of hydrogen-bond donors (Lipinski definition) is 3. The van der Waals surface area contributed by atoms with Crippen LogP contribution in [0.2, 0.25) is 0 Å². The number of benzene rings is 2. The zero-order chi connectivity index (χ0) is 18.8. The molecule has 8 nitrogen and oxygen atoms in total. The topological polar surface area (TPSA) is 136 Å². The van der Waals surface area contributed by atoms with E-state index < -0.39 is 55.4 Å². The number of aliphatic hydroxyl groups is 1. The lowest BCUT2D eigenvalue weighted by atomic mass is 10.1. The van der Waals surface area contributed by atoms with Crippen molar-refractivity contribution in [1.82, 2.24) is 0 Å². The second-order valence-corrected chi connectivity index (χ2v) is 6.61. The van der Waals surface area contributed by atoms with E-state index >= 15 is 0 Å². The monoisotopic (exact) mass is 373 g/mol. The number of anilines is 1. The maximum atomic E-state index is 13.6. The van der Waals surface area contributed by atoms with E-state index in [1.807, 2.05) is 0 Å². The molecule has 0 aliphatic carbocycles. The molecule has 1 atom stereocenters. The third-order valence-corrected chi connectivity index (χ3v) is 4.16. The molecule has 11 heteroatoms. The van der Waals surface area contributed by atoms with Gasteiger partial charge < -0.3 is 10.4 Å². The van der Waals surface area contributed by atoms with Crippen LogP contribution in [0, 0.1) is 21.7 Å². The van der Waals surface area contributed by atoms with Gasteiger partial charge in [-0.25, -0.2) is 22.3 Å². The van der Waals surface area contributed by atoms with Gasteiger partial charge in [0.25, 0.3) is 5.69 Å². The van der Waals surface area contributed by atoms with E-state index in [1.54, 1.807) is 0 Å². The Labute approximate surface area is 141 Å². The van der Waals surface area contributed by atoms with Crippen LogP contribution in [0.15, 0.2) is 41.3 Å². The van der Waals surface area contributed by atoms with Gasteiger partial charge in [-0.15, -0.1) is 0 Å². The van der Waals surface area contributed by atoms with Gasteiger partial charge in [0.15, 0.2) is 0 Å². The van der Waals surface area contributed by atoms with E-state index in [0.29, 0.717) is 0 Å². The Hall–Kier alpha value is -2.63. The molecule has 0 fully saturated rings. The van der Waals surface area contributed by atoms with Crippen molar-refractivity contribution in [2.24, 2.45) is 5.14 Å². The van der Waals surface area contributed by atoms with Crippen molar-refractivity contribution in [3.63, 3.8) is 0 Å². The smallest absolute Gasteiger partial charge is 0.272 e. The van der Waals surface area contributed by atoms with Crippen LogP contribution in [-0.2, 0) is 10.0 Å².